The first-order valence-corrected chi connectivity index (χ1v) is 4.74. The van der Waals surface area contributed by atoms with E-state index in [1.807, 2.05) is 6.33 Å². The fourth-order valence-corrected chi connectivity index (χ4v) is 1.30. The highest BCUT2D eigenvalue weighted by molar-refractivity contribution is 5.08. The number of rotatable bonds is 4. The molecule has 1 heterocycles. The highest BCUT2D eigenvalue weighted by Crippen LogP contribution is 2.06. The Balaban J connectivity index is 2.46. The first-order valence-electron chi connectivity index (χ1n) is 4.74. The van der Waals surface area contributed by atoms with Crippen LogP contribution in [0.5, 0.6) is 0 Å². The number of aryl methyl sites for hydroxylation is 2. The fraction of sp³-hybridized carbons (Fsp3) is 0.700. The van der Waals surface area contributed by atoms with E-state index < -0.39 is 0 Å². The van der Waals surface area contributed by atoms with E-state index in [1.54, 1.807) is 0 Å². The van der Waals surface area contributed by atoms with Crippen LogP contribution in [0.15, 0.2) is 6.33 Å². The molecule has 0 amide bonds. The van der Waals surface area contributed by atoms with E-state index in [-0.39, 0.29) is 0 Å². The molecule has 0 N–H and O–H groups in total. The Hall–Kier alpha value is -0.790. The monoisotopic (exact) mass is 166 g/mol. The van der Waals surface area contributed by atoms with E-state index >= 15 is 0 Å². The van der Waals surface area contributed by atoms with Crippen LogP contribution < -0.4 is 0 Å². The SMILES string of the molecule is CCCCCn1cnc(C)c1C. The van der Waals surface area contributed by atoms with Crippen LogP contribution in [0.3, 0.4) is 0 Å². The van der Waals surface area contributed by atoms with Crippen molar-refractivity contribution in [2.45, 2.75) is 46.6 Å². The third-order valence-electron chi connectivity index (χ3n) is 2.35. The van der Waals surface area contributed by atoms with Crippen molar-refractivity contribution in [3.8, 4) is 0 Å². The molecule has 0 bridgehead atoms. The third kappa shape index (κ3) is 2.10. The molecule has 0 spiro atoms. The Kier molecular flexibility index (Phi) is 3.32. The van der Waals surface area contributed by atoms with Crippen molar-refractivity contribution in [3.63, 3.8) is 0 Å². The summed E-state index contributed by atoms with van der Waals surface area (Å²) in [6, 6.07) is 0. The zero-order valence-electron chi connectivity index (χ0n) is 8.30. The van der Waals surface area contributed by atoms with Gasteiger partial charge in [0.05, 0.1) is 12.0 Å². The van der Waals surface area contributed by atoms with E-state index in [2.05, 4.69) is 30.3 Å². The highest BCUT2D eigenvalue weighted by Gasteiger charge is 1.99. The number of imidazole rings is 1. The molecule has 0 fully saturated rings. The second kappa shape index (κ2) is 4.29. The van der Waals surface area contributed by atoms with Gasteiger partial charge in [-0.1, -0.05) is 19.8 Å². The summed E-state index contributed by atoms with van der Waals surface area (Å²) in [6.45, 7) is 7.55. The van der Waals surface area contributed by atoms with Crippen molar-refractivity contribution in [2.24, 2.45) is 0 Å². The van der Waals surface area contributed by atoms with E-state index in [1.165, 1.54) is 25.0 Å². The van der Waals surface area contributed by atoms with E-state index in [4.69, 9.17) is 0 Å². The molecule has 68 valence electrons. The Morgan fingerprint density at radius 1 is 1.33 bits per heavy atom. The van der Waals surface area contributed by atoms with Gasteiger partial charge in [0.25, 0.3) is 0 Å². The minimum atomic E-state index is 1.13. The van der Waals surface area contributed by atoms with Gasteiger partial charge in [0, 0.05) is 12.2 Å². The van der Waals surface area contributed by atoms with Crippen LogP contribution in [0.1, 0.15) is 37.6 Å². The lowest BCUT2D eigenvalue weighted by Crippen LogP contribution is -1.98. The first kappa shape index (κ1) is 9.30. The predicted molar refractivity (Wildman–Crippen MR) is 51.2 cm³/mol. The minimum Gasteiger partial charge on any atom is -0.335 e. The smallest absolute Gasteiger partial charge is 0.0951 e. The maximum Gasteiger partial charge on any atom is 0.0951 e. The maximum absolute atomic E-state index is 4.26. The lowest BCUT2D eigenvalue weighted by Gasteiger charge is -2.03. The average Bonchev–Trinajstić information content (AvgIpc) is 2.36. The van der Waals surface area contributed by atoms with Gasteiger partial charge in [0.1, 0.15) is 0 Å². The molecule has 0 saturated carbocycles. The summed E-state index contributed by atoms with van der Waals surface area (Å²) >= 11 is 0. The van der Waals surface area contributed by atoms with Gasteiger partial charge in [-0.25, -0.2) is 4.98 Å². The Bertz CT molecular complexity index is 238. The summed E-state index contributed by atoms with van der Waals surface area (Å²) in [4.78, 5) is 4.26. The minimum absolute atomic E-state index is 1.13. The van der Waals surface area contributed by atoms with Crippen molar-refractivity contribution in [1.29, 1.82) is 0 Å². The van der Waals surface area contributed by atoms with E-state index in [9.17, 15) is 0 Å². The summed E-state index contributed by atoms with van der Waals surface area (Å²) in [5.74, 6) is 0. The largest absolute Gasteiger partial charge is 0.335 e. The van der Waals surface area contributed by atoms with Gasteiger partial charge in [-0.3, -0.25) is 0 Å². The molecule has 0 saturated heterocycles. The molecule has 0 unspecified atom stereocenters. The number of hydrogen-bond donors (Lipinski definition) is 0. The lowest BCUT2D eigenvalue weighted by atomic mass is 10.2. The summed E-state index contributed by atoms with van der Waals surface area (Å²) in [5.41, 5.74) is 2.47. The van der Waals surface area contributed by atoms with Crippen LogP contribution in [-0.4, -0.2) is 9.55 Å². The molecule has 1 rings (SSSR count). The van der Waals surface area contributed by atoms with Crippen molar-refractivity contribution >= 4 is 0 Å². The van der Waals surface area contributed by atoms with E-state index in [0.717, 1.165) is 12.2 Å². The second-order valence-electron chi connectivity index (χ2n) is 3.32. The van der Waals surface area contributed by atoms with Crippen molar-refractivity contribution in [3.05, 3.63) is 17.7 Å². The number of unbranched alkanes of at least 4 members (excludes halogenated alkanes) is 2. The number of hydrogen-bond acceptors (Lipinski definition) is 1. The molecule has 0 atom stereocenters. The molecule has 0 aliphatic rings. The Morgan fingerprint density at radius 2 is 2.08 bits per heavy atom. The van der Waals surface area contributed by atoms with Gasteiger partial charge < -0.3 is 4.57 Å². The molecule has 0 aliphatic heterocycles. The van der Waals surface area contributed by atoms with Gasteiger partial charge in [-0.05, 0) is 20.3 Å². The quantitative estimate of drug-likeness (QED) is 0.629. The molecule has 0 aliphatic carbocycles. The molecular weight excluding hydrogens is 148 g/mol. The van der Waals surface area contributed by atoms with Crippen LogP contribution in [0, 0.1) is 13.8 Å². The molecule has 2 heteroatoms. The van der Waals surface area contributed by atoms with Crippen LogP contribution in [0.4, 0.5) is 0 Å². The van der Waals surface area contributed by atoms with Gasteiger partial charge >= 0.3 is 0 Å². The normalized spacial score (nSPS) is 10.6. The average molecular weight is 166 g/mol. The van der Waals surface area contributed by atoms with Gasteiger partial charge in [0.15, 0.2) is 0 Å². The molecule has 0 aromatic carbocycles. The van der Waals surface area contributed by atoms with Crippen molar-refractivity contribution < 1.29 is 0 Å². The molecular formula is C10H18N2. The van der Waals surface area contributed by atoms with Gasteiger partial charge in [-0.2, -0.15) is 0 Å². The molecule has 1 aromatic heterocycles. The molecule has 2 nitrogen and oxygen atoms in total. The molecule has 12 heavy (non-hydrogen) atoms. The van der Waals surface area contributed by atoms with Crippen molar-refractivity contribution in [1.82, 2.24) is 9.55 Å². The van der Waals surface area contributed by atoms with Gasteiger partial charge in [0.2, 0.25) is 0 Å². The number of nitrogens with zero attached hydrogens (tertiary/aromatic N) is 2. The van der Waals surface area contributed by atoms with Crippen LogP contribution in [0.2, 0.25) is 0 Å². The summed E-state index contributed by atoms with van der Waals surface area (Å²) in [5, 5.41) is 0. The third-order valence-corrected chi connectivity index (χ3v) is 2.35. The first-order chi connectivity index (χ1) is 5.75. The highest BCUT2D eigenvalue weighted by atomic mass is 15.0. The summed E-state index contributed by atoms with van der Waals surface area (Å²) in [7, 11) is 0. The zero-order valence-corrected chi connectivity index (χ0v) is 8.30. The number of aromatic nitrogens is 2. The summed E-state index contributed by atoms with van der Waals surface area (Å²) in [6.07, 6.45) is 5.82. The predicted octanol–water partition coefficient (Wildman–Crippen LogP) is 2.69. The van der Waals surface area contributed by atoms with Crippen molar-refractivity contribution in [2.75, 3.05) is 0 Å². The standard InChI is InChI=1S/C10H18N2/c1-4-5-6-7-12-8-11-9(2)10(12)3/h8H,4-7H2,1-3H3. The fourth-order valence-electron chi connectivity index (χ4n) is 1.30. The topological polar surface area (TPSA) is 17.8 Å². The van der Waals surface area contributed by atoms with E-state index in [0.29, 0.717) is 0 Å². The summed E-state index contributed by atoms with van der Waals surface area (Å²) < 4.78 is 2.24. The molecule has 0 radical (unpaired) electrons. The Labute approximate surface area is 74.6 Å². The zero-order chi connectivity index (χ0) is 8.97. The Morgan fingerprint density at radius 3 is 2.58 bits per heavy atom. The maximum atomic E-state index is 4.26. The van der Waals surface area contributed by atoms with Crippen LogP contribution in [0.25, 0.3) is 0 Å². The van der Waals surface area contributed by atoms with Gasteiger partial charge in [-0.15, -0.1) is 0 Å². The van der Waals surface area contributed by atoms with Crippen LogP contribution in [-0.2, 0) is 6.54 Å². The van der Waals surface area contributed by atoms with Crippen LogP contribution >= 0.6 is 0 Å². The second-order valence-corrected chi connectivity index (χ2v) is 3.32. The lowest BCUT2D eigenvalue weighted by molar-refractivity contribution is 0.592. The molecule has 1 aromatic rings.